The first-order valence-electron chi connectivity index (χ1n) is 6.65. The summed E-state index contributed by atoms with van der Waals surface area (Å²) in [5, 5.41) is 9.93. The summed E-state index contributed by atoms with van der Waals surface area (Å²) >= 11 is 1.36. The lowest BCUT2D eigenvalue weighted by Crippen LogP contribution is -2.04. The number of Topliss-reactive ketones (excluding diaryl/α,β-unsaturated/α-hetero) is 1. The van der Waals surface area contributed by atoms with Gasteiger partial charge in [0.05, 0.1) is 17.7 Å². The Morgan fingerprint density at radius 2 is 2.05 bits per heavy atom. The molecule has 0 spiro atoms. The minimum Gasteiger partial charge on any atom is -0.512 e. The molecule has 0 bridgehead atoms. The van der Waals surface area contributed by atoms with Crippen LogP contribution in [0.15, 0.2) is 22.4 Å². The van der Waals surface area contributed by atoms with Gasteiger partial charge in [0.2, 0.25) is 0 Å². The van der Waals surface area contributed by atoms with E-state index in [1.165, 1.54) is 31.4 Å². The van der Waals surface area contributed by atoms with Crippen LogP contribution in [-0.2, 0) is 16.0 Å². The molecule has 0 radical (unpaired) electrons. The van der Waals surface area contributed by atoms with Crippen molar-refractivity contribution in [2.45, 2.75) is 34.1 Å². The molecule has 0 aliphatic rings. The van der Waals surface area contributed by atoms with E-state index in [1.807, 2.05) is 6.92 Å². The second-order valence-corrected chi connectivity index (χ2v) is 5.43. The van der Waals surface area contributed by atoms with Gasteiger partial charge in [-0.3, -0.25) is 4.79 Å². The van der Waals surface area contributed by atoms with Crippen molar-refractivity contribution in [3.63, 3.8) is 0 Å². The first-order valence-corrected chi connectivity index (χ1v) is 7.46. The van der Waals surface area contributed by atoms with E-state index in [2.05, 4.69) is 4.99 Å². The molecule has 5 nitrogen and oxygen atoms in total. The summed E-state index contributed by atoms with van der Waals surface area (Å²) in [4.78, 5) is 28.5. The van der Waals surface area contributed by atoms with Crippen LogP contribution < -0.4 is 0 Å². The fraction of sp³-hybridized carbons (Fsp3) is 0.400. The Balaban J connectivity index is 3.18. The summed E-state index contributed by atoms with van der Waals surface area (Å²) in [7, 11) is 0. The normalized spacial score (nSPS) is 12.4. The standard InChI is InChI=1S/C15H19NO4S/c1-5-11-7-12(15(19)20-6-2)14(21-11)16-8-13(9(3)17)10(4)18/h7-8,17H,5-6H2,1-4H3/b13-9+,16-8+. The van der Waals surface area contributed by atoms with E-state index in [0.29, 0.717) is 10.6 Å². The molecule has 0 saturated carbocycles. The number of ketones is 1. The molecule has 1 rings (SSSR count). The van der Waals surface area contributed by atoms with Crippen molar-refractivity contribution in [3.8, 4) is 0 Å². The number of aliphatic hydroxyl groups excluding tert-OH is 1. The van der Waals surface area contributed by atoms with Crippen LogP contribution in [0.25, 0.3) is 0 Å². The van der Waals surface area contributed by atoms with Crippen molar-refractivity contribution in [1.29, 1.82) is 0 Å². The minimum atomic E-state index is -0.435. The average Bonchev–Trinajstić information content (AvgIpc) is 2.82. The predicted molar refractivity (Wildman–Crippen MR) is 83.8 cm³/mol. The van der Waals surface area contributed by atoms with E-state index in [-0.39, 0.29) is 23.7 Å². The SMILES string of the molecule is CCOC(=O)c1cc(CC)sc1/N=C/C(C(C)=O)=C(/C)O. The number of hydrogen-bond acceptors (Lipinski definition) is 6. The molecule has 1 aromatic rings. The van der Waals surface area contributed by atoms with Gasteiger partial charge in [-0.1, -0.05) is 6.92 Å². The van der Waals surface area contributed by atoms with Gasteiger partial charge in [-0.15, -0.1) is 11.3 Å². The van der Waals surface area contributed by atoms with Gasteiger partial charge >= 0.3 is 5.97 Å². The number of ether oxygens (including phenoxy) is 1. The molecule has 0 aliphatic carbocycles. The third kappa shape index (κ3) is 4.53. The van der Waals surface area contributed by atoms with Crippen LogP contribution in [0.5, 0.6) is 0 Å². The number of hydrogen-bond donors (Lipinski definition) is 1. The van der Waals surface area contributed by atoms with Gasteiger partial charge < -0.3 is 9.84 Å². The highest BCUT2D eigenvalue weighted by atomic mass is 32.1. The van der Waals surface area contributed by atoms with Crippen molar-refractivity contribution in [2.24, 2.45) is 4.99 Å². The highest BCUT2D eigenvalue weighted by Gasteiger charge is 2.16. The Morgan fingerprint density at radius 3 is 2.52 bits per heavy atom. The topological polar surface area (TPSA) is 76.0 Å². The maximum absolute atomic E-state index is 11.9. The second-order valence-electron chi connectivity index (χ2n) is 4.32. The molecule has 0 fully saturated rings. The van der Waals surface area contributed by atoms with Crippen molar-refractivity contribution in [2.75, 3.05) is 6.61 Å². The van der Waals surface area contributed by atoms with E-state index in [0.717, 1.165) is 11.3 Å². The lowest BCUT2D eigenvalue weighted by Gasteiger charge is -2.00. The smallest absolute Gasteiger partial charge is 0.341 e. The number of aliphatic hydroxyl groups is 1. The number of aliphatic imine (C=N–C) groups is 1. The number of rotatable bonds is 6. The molecular formula is C15H19NO4S. The van der Waals surface area contributed by atoms with Gasteiger partial charge in [0.1, 0.15) is 10.8 Å². The maximum atomic E-state index is 11.9. The van der Waals surface area contributed by atoms with Crippen molar-refractivity contribution in [3.05, 3.63) is 27.8 Å². The van der Waals surface area contributed by atoms with Crippen LogP contribution in [0, 0.1) is 0 Å². The zero-order valence-electron chi connectivity index (χ0n) is 12.6. The number of carbonyl (C=O) groups excluding carboxylic acids is 2. The quantitative estimate of drug-likeness (QED) is 0.377. The number of carbonyl (C=O) groups is 2. The Kier molecular flexibility index (Phi) is 6.30. The summed E-state index contributed by atoms with van der Waals surface area (Å²) in [6, 6.07) is 1.75. The number of allylic oxidation sites excluding steroid dienone is 2. The molecule has 1 heterocycles. The number of esters is 1. The zero-order chi connectivity index (χ0) is 16.0. The summed E-state index contributed by atoms with van der Waals surface area (Å²) < 4.78 is 4.99. The molecule has 0 saturated heterocycles. The number of thiophene rings is 1. The Hall–Kier alpha value is -1.95. The van der Waals surface area contributed by atoms with Crippen molar-refractivity contribution >= 4 is 34.3 Å². The van der Waals surface area contributed by atoms with Gasteiger partial charge in [0.15, 0.2) is 5.78 Å². The monoisotopic (exact) mass is 309 g/mol. The molecule has 114 valence electrons. The van der Waals surface area contributed by atoms with Gasteiger partial charge in [-0.25, -0.2) is 9.79 Å². The number of aryl methyl sites for hydroxylation is 1. The van der Waals surface area contributed by atoms with Crippen LogP contribution >= 0.6 is 11.3 Å². The maximum Gasteiger partial charge on any atom is 0.341 e. The second kappa shape index (κ2) is 7.73. The largest absolute Gasteiger partial charge is 0.512 e. The lowest BCUT2D eigenvalue weighted by atomic mass is 10.2. The van der Waals surface area contributed by atoms with Crippen LogP contribution in [-0.4, -0.2) is 29.7 Å². The first kappa shape index (κ1) is 17.1. The Labute approximate surface area is 128 Å². The fourth-order valence-electron chi connectivity index (χ4n) is 1.62. The molecular weight excluding hydrogens is 290 g/mol. The summed E-state index contributed by atoms with van der Waals surface area (Å²) in [6.45, 7) is 6.76. The molecule has 0 unspecified atom stereocenters. The predicted octanol–water partition coefficient (Wildman–Crippen LogP) is 3.61. The Morgan fingerprint density at radius 1 is 1.38 bits per heavy atom. The van der Waals surface area contributed by atoms with Crippen LogP contribution in [0.4, 0.5) is 5.00 Å². The molecule has 0 aliphatic heterocycles. The molecule has 21 heavy (non-hydrogen) atoms. The minimum absolute atomic E-state index is 0.101. The van der Waals surface area contributed by atoms with E-state index in [4.69, 9.17) is 4.74 Å². The third-order valence-electron chi connectivity index (χ3n) is 2.69. The first-order chi connectivity index (χ1) is 9.90. The molecule has 0 atom stereocenters. The van der Waals surface area contributed by atoms with Gasteiger partial charge in [0, 0.05) is 11.1 Å². The van der Waals surface area contributed by atoms with Gasteiger partial charge in [0.25, 0.3) is 0 Å². The fourth-order valence-corrected chi connectivity index (χ4v) is 2.55. The molecule has 1 aromatic heterocycles. The zero-order valence-corrected chi connectivity index (χ0v) is 13.4. The van der Waals surface area contributed by atoms with Gasteiger partial charge in [-0.2, -0.15) is 0 Å². The highest BCUT2D eigenvalue weighted by Crippen LogP contribution is 2.32. The molecule has 0 aromatic carbocycles. The van der Waals surface area contributed by atoms with Crippen molar-refractivity contribution in [1.82, 2.24) is 0 Å². The molecule has 1 N–H and O–H groups in total. The van der Waals surface area contributed by atoms with Crippen LogP contribution in [0.3, 0.4) is 0 Å². The summed E-state index contributed by atoms with van der Waals surface area (Å²) in [5.41, 5.74) is 0.504. The third-order valence-corrected chi connectivity index (χ3v) is 3.87. The van der Waals surface area contributed by atoms with E-state index in [1.54, 1.807) is 13.0 Å². The molecule has 0 amide bonds. The number of nitrogens with zero attached hydrogens (tertiary/aromatic N) is 1. The summed E-state index contributed by atoms with van der Waals surface area (Å²) in [6.07, 6.45) is 2.06. The molecule has 6 heteroatoms. The van der Waals surface area contributed by atoms with E-state index in [9.17, 15) is 14.7 Å². The Bertz CT molecular complexity index is 595. The van der Waals surface area contributed by atoms with Crippen molar-refractivity contribution < 1.29 is 19.4 Å². The van der Waals surface area contributed by atoms with E-state index < -0.39 is 5.97 Å². The van der Waals surface area contributed by atoms with Crippen LogP contribution in [0.1, 0.15) is 42.9 Å². The van der Waals surface area contributed by atoms with E-state index >= 15 is 0 Å². The van der Waals surface area contributed by atoms with Crippen LogP contribution in [0.2, 0.25) is 0 Å². The lowest BCUT2D eigenvalue weighted by molar-refractivity contribution is -0.113. The highest BCUT2D eigenvalue weighted by molar-refractivity contribution is 7.16. The average molecular weight is 309 g/mol. The summed E-state index contributed by atoms with van der Waals surface area (Å²) in [5.74, 6) is -0.824. The van der Waals surface area contributed by atoms with Gasteiger partial charge in [-0.05, 0) is 33.3 Å².